The molecule has 4 unspecified atom stereocenters. The molecule has 1 aromatic rings. The van der Waals surface area contributed by atoms with Crippen LogP contribution < -0.4 is 4.90 Å². The van der Waals surface area contributed by atoms with E-state index in [1.54, 1.807) is 32.0 Å². The molecule has 0 aromatic heterocycles. The van der Waals surface area contributed by atoms with Crippen LogP contribution in [0.4, 0.5) is 5.69 Å². The summed E-state index contributed by atoms with van der Waals surface area (Å²) in [6, 6.07) is 7.05. The van der Waals surface area contributed by atoms with Crippen molar-refractivity contribution in [3.63, 3.8) is 0 Å². The Kier molecular flexibility index (Phi) is 3.96. The first-order valence-corrected chi connectivity index (χ1v) is 9.27. The lowest BCUT2D eigenvalue weighted by Crippen LogP contribution is -2.60. The van der Waals surface area contributed by atoms with Gasteiger partial charge in [-0.2, -0.15) is 0 Å². The topological polar surface area (TPSA) is 90.0 Å². The minimum absolute atomic E-state index is 0.141. The van der Waals surface area contributed by atoms with Gasteiger partial charge in [0.2, 0.25) is 11.8 Å². The zero-order chi connectivity index (χ0) is 20.4. The maximum atomic E-state index is 13.4. The third kappa shape index (κ3) is 2.16. The Morgan fingerprint density at radius 2 is 1.93 bits per heavy atom. The third-order valence-corrected chi connectivity index (χ3v) is 6.04. The van der Waals surface area contributed by atoms with Crippen LogP contribution in [0.15, 0.2) is 35.4 Å². The molecule has 2 amide bonds. The van der Waals surface area contributed by atoms with Crippen molar-refractivity contribution in [1.29, 1.82) is 0 Å². The number of carbonyl (C=O) groups excluding carboxylic acids is 4. The summed E-state index contributed by atoms with van der Waals surface area (Å²) in [7, 11) is 0. The van der Waals surface area contributed by atoms with Crippen LogP contribution in [-0.4, -0.2) is 36.5 Å². The van der Waals surface area contributed by atoms with E-state index in [0.29, 0.717) is 11.3 Å². The van der Waals surface area contributed by atoms with Gasteiger partial charge in [-0.1, -0.05) is 12.1 Å². The number of hydrogen-bond acceptors (Lipinski definition) is 6. The monoisotopic (exact) mass is 383 g/mol. The maximum Gasteiger partial charge on any atom is 0.335 e. The van der Waals surface area contributed by atoms with Gasteiger partial charge in [-0.25, -0.2) is 9.69 Å². The Hall–Kier alpha value is -2.96. The summed E-state index contributed by atoms with van der Waals surface area (Å²) in [5.41, 5.74) is 0.422. The largest absolute Gasteiger partial charge is 0.463 e. The number of aryl methyl sites for hydroxylation is 1. The van der Waals surface area contributed by atoms with Gasteiger partial charge in [-0.3, -0.25) is 14.4 Å². The van der Waals surface area contributed by atoms with Gasteiger partial charge in [-0.05, 0) is 51.0 Å². The van der Waals surface area contributed by atoms with Crippen LogP contribution in [0.3, 0.4) is 0 Å². The molecule has 28 heavy (non-hydrogen) atoms. The molecular formula is C21H21NO6. The number of imide groups is 1. The van der Waals surface area contributed by atoms with Crippen LogP contribution in [0.5, 0.6) is 0 Å². The average Bonchev–Trinajstić information content (AvgIpc) is 2.89. The summed E-state index contributed by atoms with van der Waals surface area (Å²) in [5, 5.41) is 0. The van der Waals surface area contributed by atoms with Gasteiger partial charge in [0.05, 0.1) is 29.7 Å². The number of rotatable bonds is 3. The highest BCUT2D eigenvalue weighted by atomic mass is 16.6. The van der Waals surface area contributed by atoms with Crippen LogP contribution >= 0.6 is 0 Å². The fourth-order valence-corrected chi connectivity index (χ4v) is 4.81. The molecule has 0 N–H and O–H groups in total. The molecule has 0 radical (unpaired) electrons. The zero-order valence-corrected chi connectivity index (χ0v) is 16.1. The van der Waals surface area contributed by atoms with Crippen molar-refractivity contribution < 1.29 is 28.7 Å². The SMILES string of the molecule is CCOC(=O)C1=C(C)C2OC(=O)C1(C)C1C(=O)N(c3cccc(C)c3)C(=O)C21. The van der Waals surface area contributed by atoms with Gasteiger partial charge in [0.15, 0.2) is 0 Å². The molecule has 146 valence electrons. The molecule has 2 fully saturated rings. The predicted octanol–water partition coefficient (Wildman–Crippen LogP) is 1.93. The minimum atomic E-state index is -1.55. The van der Waals surface area contributed by atoms with Crippen LogP contribution in [-0.2, 0) is 28.7 Å². The molecule has 4 aliphatic rings. The molecule has 3 heterocycles. The van der Waals surface area contributed by atoms with E-state index >= 15 is 0 Å². The summed E-state index contributed by atoms with van der Waals surface area (Å²) in [6.45, 7) is 6.83. The smallest absolute Gasteiger partial charge is 0.335 e. The van der Waals surface area contributed by atoms with Crippen molar-refractivity contribution in [3.8, 4) is 0 Å². The third-order valence-electron chi connectivity index (χ3n) is 6.04. The first-order valence-electron chi connectivity index (χ1n) is 9.27. The van der Waals surface area contributed by atoms with E-state index in [4.69, 9.17) is 9.47 Å². The highest BCUT2D eigenvalue weighted by molar-refractivity contribution is 6.25. The van der Waals surface area contributed by atoms with Crippen molar-refractivity contribution in [2.45, 2.75) is 33.8 Å². The quantitative estimate of drug-likeness (QED) is 0.585. The van der Waals surface area contributed by atoms with Crippen molar-refractivity contribution in [3.05, 3.63) is 41.0 Å². The summed E-state index contributed by atoms with van der Waals surface area (Å²) in [5.74, 6) is -4.04. The summed E-state index contributed by atoms with van der Waals surface area (Å²) >= 11 is 0. The molecule has 3 aliphatic heterocycles. The first-order chi connectivity index (χ1) is 13.2. The Labute approximate surface area is 162 Å². The second-order valence-electron chi connectivity index (χ2n) is 7.66. The van der Waals surface area contributed by atoms with E-state index in [-0.39, 0.29) is 12.2 Å². The highest BCUT2D eigenvalue weighted by Gasteiger charge is 2.71. The van der Waals surface area contributed by atoms with E-state index in [1.807, 2.05) is 13.0 Å². The van der Waals surface area contributed by atoms with Crippen LogP contribution in [0.25, 0.3) is 0 Å². The molecule has 7 heteroatoms. The first kappa shape index (κ1) is 18.4. The molecule has 7 nitrogen and oxygen atoms in total. The molecular weight excluding hydrogens is 362 g/mol. The second kappa shape index (κ2) is 6.02. The van der Waals surface area contributed by atoms with Crippen LogP contribution in [0.1, 0.15) is 26.3 Å². The van der Waals surface area contributed by atoms with E-state index in [9.17, 15) is 19.2 Å². The van der Waals surface area contributed by atoms with E-state index < -0.39 is 47.1 Å². The normalized spacial score (nSPS) is 31.2. The van der Waals surface area contributed by atoms with E-state index in [1.165, 1.54) is 6.92 Å². The Morgan fingerprint density at radius 1 is 1.21 bits per heavy atom. The molecule has 1 aliphatic carbocycles. The Balaban J connectivity index is 1.86. The molecule has 1 aromatic carbocycles. The fourth-order valence-electron chi connectivity index (χ4n) is 4.81. The molecule has 0 spiro atoms. The number of esters is 2. The lowest BCUT2D eigenvalue weighted by molar-refractivity contribution is -0.184. The van der Waals surface area contributed by atoms with Crippen LogP contribution in [0.2, 0.25) is 0 Å². The standard InChI is InChI=1S/C21H21NO6/c1-5-27-19(25)14-11(3)16-13-15(21(14,4)20(26)28-16)18(24)22(17(13)23)12-8-6-7-10(2)9-12/h6-9,13,15-16H,5H2,1-4H3. The number of anilines is 1. The minimum Gasteiger partial charge on any atom is -0.463 e. The number of amides is 2. The van der Waals surface area contributed by atoms with Gasteiger partial charge in [-0.15, -0.1) is 0 Å². The molecule has 0 saturated carbocycles. The van der Waals surface area contributed by atoms with Crippen molar-refractivity contribution >= 4 is 29.4 Å². The molecule has 2 saturated heterocycles. The number of carbonyl (C=O) groups is 4. The summed E-state index contributed by atoms with van der Waals surface area (Å²) in [4.78, 5) is 53.1. The van der Waals surface area contributed by atoms with Gasteiger partial charge < -0.3 is 9.47 Å². The van der Waals surface area contributed by atoms with Crippen molar-refractivity contribution in [2.75, 3.05) is 11.5 Å². The van der Waals surface area contributed by atoms with Gasteiger partial charge in [0, 0.05) is 0 Å². The number of fused-ring (bicyclic) bond motifs is 1. The van der Waals surface area contributed by atoms with Gasteiger partial charge in [0.25, 0.3) is 0 Å². The second-order valence-corrected chi connectivity index (χ2v) is 7.66. The number of benzene rings is 1. The average molecular weight is 383 g/mol. The predicted molar refractivity (Wildman–Crippen MR) is 98.0 cm³/mol. The fraction of sp³-hybridized carbons (Fsp3) is 0.429. The van der Waals surface area contributed by atoms with Crippen LogP contribution in [0, 0.1) is 24.2 Å². The maximum absolute atomic E-state index is 13.4. The molecule has 2 bridgehead atoms. The summed E-state index contributed by atoms with van der Waals surface area (Å²) in [6.07, 6.45) is -0.940. The number of ether oxygens (including phenoxy) is 2. The molecule has 4 atom stereocenters. The lowest BCUT2D eigenvalue weighted by Gasteiger charge is -2.48. The van der Waals surface area contributed by atoms with E-state index in [2.05, 4.69) is 0 Å². The van der Waals surface area contributed by atoms with E-state index in [0.717, 1.165) is 10.5 Å². The van der Waals surface area contributed by atoms with Gasteiger partial charge >= 0.3 is 11.9 Å². The summed E-state index contributed by atoms with van der Waals surface area (Å²) < 4.78 is 10.6. The zero-order valence-electron chi connectivity index (χ0n) is 16.1. The Morgan fingerprint density at radius 3 is 2.57 bits per heavy atom. The highest BCUT2D eigenvalue weighted by Crippen LogP contribution is 2.58. The van der Waals surface area contributed by atoms with Gasteiger partial charge in [0.1, 0.15) is 11.5 Å². The van der Waals surface area contributed by atoms with Crippen molar-refractivity contribution in [1.82, 2.24) is 0 Å². The lowest BCUT2D eigenvalue weighted by atomic mass is 9.57. The molecule has 5 rings (SSSR count). The Bertz CT molecular complexity index is 963. The number of hydrogen-bond donors (Lipinski definition) is 0. The van der Waals surface area contributed by atoms with Crippen molar-refractivity contribution in [2.24, 2.45) is 17.3 Å². The number of nitrogens with zero attached hydrogens (tertiary/aromatic N) is 1.